The Morgan fingerprint density at radius 1 is 0.943 bits per heavy atom. The highest BCUT2D eigenvalue weighted by atomic mass is 35.5. The lowest BCUT2D eigenvalue weighted by atomic mass is 10.0. The molecule has 5 rings (SSSR count). The Hall–Kier alpha value is -4.03. The van der Waals surface area contributed by atoms with Gasteiger partial charge < -0.3 is 14.2 Å². The molecule has 4 aromatic carbocycles. The molecule has 7 heteroatoms. The maximum atomic E-state index is 12.5. The number of carbonyl (C=O) groups excluding carboxylic acids is 1. The second-order valence-electron chi connectivity index (χ2n) is 8.06. The zero-order valence-electron chi connectivity index (χ0n) is 18.9. The first-order valence-corrected chi connectivity index (χ1v) is 11.6. The molecule has 1 heterocycles. The molecule has 176 valence electrons. The fourth-order valence-corrected chi connectivity index (χ4v) is 3.99. The molecule has 35 heavy (non-hydrogen) atoms. The molecular weight excluding hydrogens is 464 g/mol. The SMILES string of the molecule is O=C(Cc1ccc2c(c1)OCCO2)N/N=C\c1c(OCc2ccc(Cl)cc2)ccc2ccccc12. The van der Waals surface area contributed by atoms with E-state index >= 15 is 0 Å². The molecule has 0 aromatic heterocycles. The maximum absolute atomic E-state index is 12.5. The number of hydrogen-bond acceptors (Lipinski definition) is 5. The maximum Gasteiger partial charge on any atom is 0.244 e. The van der Waals surface area contributed by atoms with E-state index in [0.29, 0.717) is 42.1 Å². The van der Waals surface area contributed by atoms with E-state index in [-0.39, 0.29) is 12.3 Å². The topological polar surface area (TPSA) is 69.2 Å². The van der Waals surface area contributed by atoms with E-state index in [2.05, 4.69) is 10.5 Å². The van der Waals surface area contributed by atoms with Gasteiger partial charge in [-0.2, -0.15) is 5.10 Å². The molecule has 0 fully saturated rings. The van der Waals surface area contributed by atoms with Crippen molar-refractivity contribution in [3.8, 4) is 17.2 Å². The minimum absolute atomic E-state index is 0.170. The number of halogens is 1. The zero-order valence-corrected chi connectivity index (χ0v) is 19.6. The Kier molecular flexibility index (Phi) is 6.82. The van der Waals surface area contributed by atoms with Crippen LogP contribution in [0.4, 0.5) is 0 Å². The number of hydrogen-bond donors (Lipinski definition) is 1. The summed E-state index contributed by atoms with van der Waals surface area (Å²) in [5.74, 6) is 1.79. The van der Waals surface area contributed by atoms with E-state index in [9.17, 15) is 4.79 Å². The number of carbonyl (C=O) groups is 1. The van der Waals surface area contributed by atoms with Gasteiger partial charge in [-0.3, -0.25) is 4.79 Å². The smallest absolute Gasteiger partial charge is 0.244 e. The van der Waals surface area contributed by atoms with Gasteiger partial charge in [-0.25, -0.2) is 5.43 Å². The summed E-state index contributed by atoms with van der Waals surface area (Å²) in [4.78, 5) is 12.5. The fraction of sp³-hybridized carbons (Fsp3) is 0.143. The number of nitrogens with zero attached hydrogens (tertiary/aromatic N) is 1. The van der Waals surface area contributed by atoms with Crippen LogP contribution in [0.1, 0.15) is 16.7 Å². The molecule has 0 spiro atoms. The van der Waals surface area contributed by atoms with Crippen molar-refractivity contribution in [1.82, 2.24) is 5.43 Å². The molecule has 6 nitrogen and oxygen atoms in total. The molecule has 0 saturated carbocycles. The standard InChI is InChI=1S/C28H23ClN2O4/c29-22-9-5-19(6-10-22)18-35-25-12-8-21-3-1-2-4-23(21)24(25)17-30-31-28(32)16-20-7-11-26-27(15-20)34-14-13-33-26/h1-12,15,17H,13-14,16,18H2,(H,31,32)/b30-17-. The van der Waals surface area contributed by atoms with Crippen LogP contribution >= 0.6 is 11.6 Å². The molecule has 0 atom stereocenters. The minimum atomic E-state index is -0.234. The summed E-state index contributed by atoms with van der Waals surface area (Å²) in [5.41, 5.74) is 5.23. The summed E-state index contributed by atoms with van der Waals surface area (Å²) in [6, 6.07) is 24.9. The first kappa shape index (κ1) is 22.7. The van der Waals surface area contributed by atoms with Crippen LogP contribution in [-0.4, -0.2) is 25.3 Å². The average molecular weight is 487 g/mol. The van der Waals surface area contributed by atoms with Gasteiger partial charge in [-0.15, -0.1) is 0 Å². The third-order valence-corrected chi connectivity index (χ3v) is 5.84. The Morgan fingerprint density at radius 3 is 2.57 bits per heavy atom. The fourth-order valence-electron chi connectivity index (χ4n) is 3.87. The highest BCUT2D eigenvalue weighted by molar-refractivity contribution is 6.30. The van der Waals surface area contributed by atoms with E-state index in [0.717, 1.165) is 27.5 Å². The second kappa shape index (κ2) is 10.5. The number of hydrazone groups is 1. The van der Waals surface area contributed by atoms with Crippen LogP contribution in [0.2, 0.25) is 5.02 Å². The van der Waals surface area contributed by atoms with Crippen molar-refractivity contribution in [1.29, 1.82) is 0 Å². The second-order valence-corrected chi connectivity index (χ2v) is 8.50. The molecule has 4 aromatic rings. The van der Waals surface area contributed by atoms with Gasteiger partial charge in [0.25, 0.3) is 0 Å². The third kappa shape index (κ3) is 5.55. The minimum Gasteiger partial charge on any atom is -0.488 e. The quantitative estimate of drug-likeness (QED) is 0.275. The van der Waals surface area contributed by atoms with Crippen LogP contribution in [-0.2, 0) is 17.8 Å². The number of fused-ring (bicyclic) bond motifs is 2. The largest absolute Gasteiger partial charge is 0.488 e. The van der Waals surface area contributed by atoms with Gasteiger partial charge in [0, 0.05) is 10.6 Å². The van der Waals surface area contributed by atoms with Gasteiger partial charge in [-0.05, 0) is 52.2 Å². The highest BCUT2D eigenvalue weighted by Crippen LogP contribution is 2.31. The van der Waals surface area contributed by atoms with Crippen molar-refractivity contribution in [3.05, 3.63) is 101 Å². The molecule has 1 amide bonds. The molecule has 0 bridgehead atoms. The van der Waals surface area contributed by atoms with E-state index < -0.39 is 0 Å². The van der Waals surface area contributed by atoms with Crippen molar-refractivity contribution in [2.24, 2.45) is 5.10 Å². The predicted molar refractivity (Wildman–Crippen MR) is 137 cm³/mol. The lowest BCUT2D eigenvalue weighted by Gasteiger charge is -2.18. The number of benzene rings is 4. The molecule has 0 aliphatic carbocycles. The van der Waals surface area contributed by atoms with Crippen LogP contribution in [0.15, 0.2) is 84.0 Å². The van der Waals surface area contributed by atoms with Gasteiger partial charge in [0.1, 0.15) is 25.6 Å². The summed E-state index contributed by atoms with van der Waals surface area (Å²) >= 11 is 5.98. The van der Waals surface area contributed by atoms with Crippen molar-refractivity contribution < 1.29 is 19.0 Å². The molecule has 1 N–H and O–H groups in total. The number of amides is 1. The Labute approximate surface area is 208 Å². The number of rotatable bonds is 7. The van der Waals surface area contributed by atoms with E-state index in [4.69, 9.17) is 25.8 Å². The molecule has 1 aliphatic heterocycles. The Morgan fingerprint density at radius 2 is 1.71 bits per heavy atom. The summed E-state index contributed by atoms with van der Waals surface area (Å²) in [6.07, 6.45) is 1.80. The predicted octanol–water partition coefficient (Wildman–Crippen LogP) is 5.54. The van der Waals surface area contributed by atoms with Crippen molar-refractivity contribution in [3.63, 3.8) is 0 Å². The monoisotopic (exact) mass is 486 g/mol. The summed E-state index contributed by atoms with van der Waals surface area (Å²) in [7, 11) is 0. The number of nitrogens with one attached hydrogen (secondary N) is 1. The first-order chi connectivity index (χ1) is 17.2. The Balaban J connectivity index is 1.30. The lowest BCUT2D eigenvalue weighted by molar-refractivity contribution is -0.120. The van der Waals surface area contributed by atoms with Crippen molar-refractivity contribution in [2.45, 2.75) is 13.0 Å². The van der Waals surface area contributed by atoms with Crippen LogP contribution < -0.4 is 19.6 Å². The van der Waals surface area contributed by atoms with Crippen LogP contribution in [0, 0.1) is 0 Å². The normalized spacial score (nSPS) is 12.6. The highest BCUT2D eigenvalue weighted by Gasteiger charge is 2.13. The van der Waals surface area contributed by atoms with Crippen LogP contribution in [0.3, 0.4) is 0 Å². The molecule has 0 unspecified atom stereocenters. The number of ether oxygens (including phenoxy) is 3. The summed E-state index contributed by atoms with van der Waals surface area (Å²) < 4.78 is 17.2. The lowest BCUT2D eigenvalue weighted by Crippen LogP contribution is -2.20. The summed E-state index contributed by atoms with van der Waals surface area (Å²) in [6.45, 7) is 1.41. The molecule has 0 radical (unpaired) electrons. The van der Waals surface area contributed by atoms with Crippen molar-refractivity contribution >= 4 is 34.5 Å². The summed E-state index contributed by atoms with van der Waals surface area (Å²) in [5, 5.41) is 6.93. The van der Waals surface area contributed by atoms with E-state index in [1.807, 2.05) is 78.9 Å². The zero-order chi connectivity index (χ0) is 24.0. The van der Waals surface area contributed by atoms with Gasteiger partial charge in [0.15, 0.2) is 11.5 Å². The third-order valence-electron chi connectivity index (χ3n) is 5.59. The van der Waals surface area contributed by atoms with Gasteiger partial charge in [0.05, 0.1) is 12.6 Å². The van der Waals surface area contributed by atoms with Gasteiger partial charge >= 0.3 is 0 Å². The molecule has 1 aliphatic rings. The first-order valence-electron chi connectivity index (χ1n) is 11.3. The van der Waals surface area contributed by atoms with Crippen molar-refractivity contribution in [2.75, 3.05) is 13.2 Å². The molecular formula is C28H23ClN2O4. The molecule has 0 saturated heterocycles. The van der Waals surface area contributed by atoms with E-state index in [1.54, 1.807) is 6.21 Å². The van der Waals surface area contributed by atoms with Gasteiger partial charge in [0.2, 0.25) is 5.91 Å². The Bertz CT molecular complexity index is 1390. The van der Waals surface area contributed by atoms with Crippen LogP contribution in [0.5, 0.6) is 17.2 Å². The van der Waals surface area contributed by atoms with Gasteiger partial charge in [-0.1, -0.05) is 60.1 Å². The average Bonchev–Trinajstić information content (AvgIpc) is 2.89. The van der Waals surface area contributed by atoms with Crippen LogP contribution in [0.25, 0.3) is 10.8 Å². The van der Waals surface area contributed by atoms with E-state index in [1.165, 1.54) is 0 Å².